The summed E-state index contributed by atoms with van der Waals surface area (Å²) >= 11 is 0. The van der Waals surface area contributed by atoms with Crippen molar-refractivity contribution in [2.75, 3.05) is 18.4 Å². The zero-order valence-electron chi connectivity index (χ0n) is 10.8. The molecule has 20 heavy (non-hydrogen) atoms. The van der Waals surface area contributed by atoms with E-state index in [1.54, 1.807) is 6.07 Å². The van der Waals surface area contributed by atoms with Crippen molar-refractivity contribution in [1.82, 2.24) is 5.32 Å². The van der Waals surface area contributed by atoms with Gasteiger partial charge in [-0.1, -0.05) is 6.92 Å². The lowest BCUT2D eigenvalue weighted by molar-refractivity contribution is -0.137. The van der Waals surface area contributed by atoms with Crippen molar-refractivity contribution in [1.29, 1.82) is 5.26 Å². The largest absolute Gasteiger partial charge is 0.416 e. The first-order valence-corrected chi connectivity index (χ1v) is 6.00. The van der Waals surface area contributed by atoms with Crippen LogP contribution in [0.2, 0.25) is 0 Å². The van der Waals surface area contributed by atoms with Crippen LogP contribution in [0.4, 0.5) is 18.9 Å². The Hall–Kier alpha value is -2.07. The highest BCUT2D eigenvalue weighted by Crippen LogP contribution is 2.31. The van der Waals surface area contributed by atoms with Crippen molar-refractivity contribution in [3.8, 4) is 6.07 Å². The van der Waals surface area contributed by atoms with E-state index in [0.29, 0.717) is 6.54 Å². The van der Waals surface area contributed by atoms with E-state index in [9.17, 15) is 18.0 Å². The molecule has 0 fully saturated rings. The van der Waals surface area contributed by atoms with E-state index in [-0.39, 0.29) is 23.6 Å². The lowest BCUT2D eigenvalue weighted by atomic mass is 10.1. The summed E-state index contributed by atoms with van der Waals surface area (Å²) in [4.78, 5) is 11.6. The first kappa shape index (κ1) is 16.0. The highest BCUT2D eigenvalue weighted by atomic mass is 19.4. The molecule has 1 amide bonds. The first-order valence-electron chi connectivity index (χ1n) is 6.00. The van der Waals surface area contributed by atoms with Gasteiger partial charge in [0.2, 0.25) is 5.91 Å². The maximum atomic E-state index is 12.5. The number of amides is 1. The molecular weight excluding hydrogens is 271 g/mol. The minimum Gasteiger partial charge on any atom is -0.325 e. The predicted octanol–water partition coefficient (Wildman–Crippen LogP) is 2.52. The van der Waals surface area contributed by atoms with Crippen molar-refractivity contribution in [3.63, 3.8) is 0 Å². The van der Waals surface area contributed by atoms with Crippen molar-refractivity contribution < 1.29 is 18.0 Å². The molecule has 0 radical (unpaired) electrons. The Morgan fingerprint density at radius 1 is 1.40 bits per heavy atom. The molecule has 0 bridgehead atoms. The van der Waals surface area contributed by atoms with Crippen LogP contribution in [0.25, 0.3) is 0 Å². The van der Waals surface area contributed by atoms with Crippen LogP contribution in [-0.4, -0.2) is 19.0 Å². The van der Waals surface area contributed by atoms with E-state index >= 15 is 0 Å². The number of nitriles is 1. The zero-order valence-corrected chi connectivity index (χ0v) is 10.8. The number of alkyl halides is 3. The molecule has 0 aliphatic rings. The van der Waals surface area contributed by atoms with Crippen molar-refractivity contribution >= 4 is 11.6 Å². The van der Waals surface area contributed by atoms with Gasteiger partial charge in [-0.05, 0) is 24.7 Å². The molecule has 7 heteroatoms. The number of hydrogen-bond donors (Lipinski definition) is 2. The van der Waals surface area contributed by atoms with Gasteiger partial charge >= 0.3 is 6.18 Å². The maximum Gasteiger partial charge on any atom is 0.416 e. The predicted molar refractivity (Wildman–Crippen MR) is 67.9 cm³/mol. The van der Waals surface area contributed by atoms with Crippen molar-refractivity contribution in [3.05, 3.63) is 29.3 Å². The van der Waals surface area contributed by atoms with Gasteiger partial charge in [-0.3, -0.25) is 4.79 Å². The van der Waals surface area contributed by atoms with Crippen molar-refractivity contribution in [2.24, 2.45) is 0 Å². The normalized spacial score (nSPS) is 10.9. The smallest absolute Gasteiger partial charge is 0.325 e. The van der Waals surface area contributed by atoms with Crippen molar-refractivity contribution in [2.45, 2.75) is 19.5 Å². The van der Waals surface area contributed by atoms with Crippen LogP contribution < -0.4 is 10.6 Å². The summed E-state index contributed by atoms with van der Waals surface area (Å²) in [6, 6.07) is 4.30. The van der Waals surface area contributed by atoms with Gasteiger partial charge in [-0.2, -0.15) is 18.4 Å². The second-order valence-electron chi connectivity index (χ2n) is 4.02. The Kier molecular flexibility index (Phi) is 5.53. The van der Waals surface area contributed by atoms with Gasteiger partial charge in [0, 0.05) is 13.0 Å². The third-order valence-electron chi connectivity index (χ3n) is 2.52. The fourth-order valence-corrected chi connectivity index (χ4v) is 1.51. The maximum absolute atomic E-state index is 12.5. The average Bonchev–Trinajstić information content (AvgIpc) is 2.38. The van der Waals surface area contributed by atoms with Gasteiger partial charge in [0.15, 0.2) is 0 Å². The molecule has 1 aromatic rings. The lowest BCUT2D eigenvalue weighted by Crippen LogP contribution is -2.21. The molecule has 0 saturated heterocycles. The highest BCUT2D eigenvalue weighted by Gasteiger charge is 2.31. The van der Waals surface area contributed by atoms with Gasteiger partial charge in [0.05, 0.1) is 16.8 Å². The van der Waals surface area contributed by atoms with Crippen LogP contribution in [0.15, 0.2) is 18.2 Å². The van der Waals surface area contributed by atoms with E-state index in [1.165, 1.54) is 0 Å². The third kappa shape index (κ3) is 4.55. The molecule has 0 spiro atoms. The summed E-state index contributed by atoms with van der Waals surface area (Å²) in [5.74, 6) is -0.359. The number of rotatable bonds is 5. The number of nitrogens with one attached hydrogen (secondary N) is 2. The number of carbonyl (C=O) groups excluding carboxylic acids is 1. The van der Waals surface area contributed by atoms with E-state index in [2.05, 4.69) is 10.6 Å². The Bertz CT molecular complexity index is 521. The summed E-state index contributed by atoms with van der Waals surface area (Å²) in [5, 5.41) is 14.2. The quantitative estimate of drug-likeness (QED) is 0.817. The Morgan fingerprint density at radius 2 is 2.10 bits per heavy atom. The number of hydrogen-bond acceptors (Lipinski definition) is 3. The third-order valence-corrected chi connectivity index (χ3v) is 2.52. The number of benzene rings is 1. The van der Waals surface area contributed by atoms with Gasteiger partial charge in [0.1, 0.15) is 6.07 Å². The van der Waals surface area contributed by atoms with Crippen LogP contribution in [0, 0.1) is 11.3 Å². The van der Waals surface area contributed by atoms with E-state index in [0.717, 1.165) is 24.7 Å². The SMILES string of the molecule is CCNCCC(=O)Nc1ccc(C(F)(F)F)cc1C#N. The molecule has 2 N–H and O–H groups in total. The summed E-state index contributed by atoms with van der Waals surface area (Å²) in [5.41, 5.74) is -1.04. The number of nitrogens with zero attached hydrogens (tertiary/aromatic N) is 1. The molecule has 0 heterocycles. The fourth-order valence-electron chi connectivity index (χ4n) is 1.51. The Labute approximate surface area is 114 Å². The molecule has 1 rings (SSSR count). The second-order valence-corrected chi connectivity index (χ2v) is 4.02. The van der Waals surface area contributed by atoms with Gasteiger partial charge in [-0.25, -0.2) is 0 Å². The van der Waals surface area contributed by atoms with Crippen LogP contribution in [0.5, 0.6) is 0 Å². The van der Waals surface area contributed by atoms with Crippen LogP contribution in [0.1, 0.15) is 24.5 Å². The Balaban J connectivity index is 2.81. The molecule has 0 aliphatic heterocycles. The first-order chi connectivity index (χ1) is 9.38. The number of carbonyl (C=O) groups is 1. The monoisotopic (exact) mass is 285 g/mol. The van der Waals surface area contributed by atoms with Gasteiger partial charge < -0.3 is 10.6 Å². The van der Waals surface area contributed by atoms with Crippen LogP contribution >= 0.6 is 0 Å². The second kappa shape index (κ2) is 6.91. The molecule has 0 unspecified atom stereocenters. The summed E-state index contributed by atoms with van der Waals surface area (Å²) in [7, 11) is 0. The Morgan fingerprint density at radius 3 is 2.65 bits per heavy atom. The standard InChI is InChI=1S/C13H14F3N3O/c1-2-18-6-5-12(20)19-11-4-3-10(13(14,15)16)7-9(11)8-17/h3-4,7,18H,2,5-6H2,1H3,(H,19,20). The lowest BCUT2D eigenvalue weighted by Gasteiger charge is -2.11. The molecule has 0 atom stereocenters. The number of anilines is 1. The summed E-state index contributed by atoms with van der Waals surface area (Å²) < 4.78 is 37.5. The van der Waals surface area contributed by atoms with E-state index < -0.39 is 11.7 Å². The van der Waals surface area contributed by atoms with Gasteiger partial charge in [-0.15, -0.1) is 0 Å². The summed E-state index contributed by atoms with van der Waals surface area (Å²) in [6.07, 6.45) is -4.33. The average molecular weight is 285 g/mol. The van der Waals surface area contributed by atoms with Gasteiger partial charge in [0.25, 0.3) is 0 Å². The van der Waals surface area contributed by atoms with Crippen LogP contribution in [0.3, 0.4) is 0 Å². The number of halogens is 3. The minimum absolute atomic E-state index is 0.0852. The molecular formula is C13H14F3N3O. The van der Waals surface area contributed by atoms with E-state index in [1.807, 2.05) is 6.92 Å². The molecule has 4 nitrogen and oxygen atoms in total. The molecule has 1 aromatic carbocycles. The topological polar surface area (TPSA) is 64.9 Å². The molecule has 0 aromatic heterocycles. The highest BCUT2D eigenvalue weighted by molar-refractivity contribution is 5.92. The minimum atomic E-state index is -4.51. The fraction of sp³-hybridized carbons (Fsp3) is 0.385. The molecule has 0 saturated carbocycles. The van der Waals surface area contributed by atoms with Crippen LogP contribution in [-0.2, 0) is 11.0 Å². The molecule has 0 aliphatic carbocycles. The molecule has 108 valence electrons. The zero-order chi connectivity index (χ0) is 15.2. The van der Waals surface area contributed by atoms with E-state index in [4.69, 9.17) is 5.26 Å². The summed E-state index contributed by atoms with van der Waals surface area (Å²) in [6.45, 7) is 3.07.